The van der Waals surface area contributed by atoms with Crippen LogP contribution in [-0.2, 0) is 6.54 Å². The minimum absolute atomic E-state index is 0.0302. The van der Waals surface area contributed by atoms with Gasteiger partial charge in [-0.2, -0.15) is 0 Å². The highest BCUT2D eigenvalue weighted by Gasteiger charge is 2.43. The first kappa shape index (κ1) is 12.6. The van der Waals surface area contributed by atoms with Crippen LogP contribution in [0.15, 0.2) is 12.5 Å². The third-order valence-corrected chi connectivity index (χ3v) is 4.35. The Labute approximate surface area is 112 Å². The lowest BCUT2D eigenvalue weighted by molar-refractivity contribution is 0.0747. The van der Waals surface area contributed by atoms with E-state index in [9.17, 15) is 9.90 Å². The Bertz CT molecular complexity index is 473. The predicted octanol–water partition coefficient (Wildman–Crippen LogP) is -0.315. The van der Waals surface area contributed by atoms with Crippen molar-refractivity contribution < 1.29 is 9.90 Å². The molecule has 3 unspecified atom stereocenters. The molecule has 1 saturated heterocycles. The van der Waals surface area contributed by atoms with E-state index in [1.54, 1.807) is 12.5 Å². The molecule has 2 aliphatic rings. The van der Waals surface area contributed by atoms with E-state index in [1.165, 1.54) is 0 Å². The molecule has 2 heterocycles. The van der Waals surface area contributed by atoms with Gasteiger partial charge in [0.15, 0.2) is 0 Å². The molecule has 2 fully saturated rings. The fourth-order valence-electron chi connectivity index (χ4n) is 3.31. The maximum Gasteiger partial charge on any atom is 0.274 e. The summed E-state index contributed by atoms with van der Waals surface area (Å²) < 4.78 is 1.83. The zero-order valence-electron chi connectivity index (χ0n) is 10.9. The first-order chi connectivity index (χ1) is 9.19. The van der Waals surface area contributed by atoms with E-state index in [-0.39, 0.29) is 17.9 Å². The van der Waals surface area contributed by atoms with Crippen molar-refractivity contribution in [3.63, 3.8) is 0 Å². The van der Waals surface area contributed by atoms with Gasteiger partial charge in [0.2, 0.25) is 0 Å². The number of rotatable bonds is 3. The number of aliphatic hydroxyl groups is 1. The normalized spacial score (nSPS) is 29.8. The van der Waals surface area contributed by atoms with Gasteiger partial charge in [0.05, 0.1) is 12.4 Å². The molecule has 1 amide bonds. The molecule has 6 nitrogen and oxygen atoms in total. The van der Waals surface area contributed by atoms with Gasteiger partial charge >= 0.3 is 0 Å². The lowest BCUT2D eigenvalue weighted by Crippen LogP contribution is -2.31. The molecule has 1 aliphatic carbocycles. The minimum Gasteiger partial charge on any atom is -0.393 e. The Morgan fingerprint density at radius 2 is 2.32 bits per heavy atom. The van der Waals surface area contributed by atoms with Crippen LogP contribution >= 0.6 is 0 Å². The van der Waals surface area contributed by atoms with Crippen molar-refractivity contribution in [2.75, 3.05) is 19.6 Å². The second-order valence-electron chi connectivity index (χ2n) is 5.56. The average Bonchev–Trinajstić information content (AvgIpc) is 3.07. The molecular formula is C13H20N4O2. The summed E-state index contributed by atoms with van der Waals surface area (Å²) in [7, 11) is 0. The fourth-order valence-corrected chi connectivity index (χ4v) is 3.31. The summed E-state index contributed by atoms with van der Waals surface area (Å²) in [5.74, 6) is 0.692. The summed E-state index contributed by atoms with van der Waals surface area (Å²) in [6.07, 6.45) is 5.06. The van der Waals surface area contributed by atoms with Crippen molar-refractivity contribution in [3.05, 3.63) is 18.2 Å². The number of amides is 1. The van der Waals surface area contributed by atoms with Gasteiger partial charge in [-0.25, -0.2) is 4.98 Å². The maximum absolute atomic E-state index is 12.3. The predicted molar refractivity (Wildman–Crippen MR) is 69.4 cm³/mol. The van der Waals surface area contributed by atoms with Crippen LogP contribution in [0.25, 0.3) is 0 Å². The fraction of sp³-hybridized carbons (Fsp3) is 0.692. The van der Waals surface area contributed by atoms with Crippen LogP contribution in [0.1, 0.15) is 23.3 Å². The Morgan fingerprint density at radius 1 is 1.47 bits per heavy atom. The highest BCUT2D eigenvalue weighted by atomic mass is 16.3. The van der Waals surface area contributed by atoms with Gasteiger partial charge in [-0.05, 0) is 18.8 Å². The Hall–Kier alpha value is -1.40. The zero-order chi connectivity index (χ0) is 13.4. The van der Waals surface area contributed by atoms with E-state index in [0.717, 1.165) is 19.4 Å². The number of nitrogens with two attached hydrogens (primary N) is 1. The Morgan fingerprint density at radius 3 is 3.05 bits per heavy atom. The molecule has 1 saturated carbocycles. The van der Waals surface area contributed by atoms with Gasteiger partial charge in [0, 0.05) is 38.3 Å². The van der Waals surface area contributed by atoms with Crippen LogP contribution in [0.4, 0.5) is 0 Å². The Balaban J connectivity index is 1.67. The van der Waals surface area contributed by atoms with E-state index in [2.05, 4.69) is 4.98 Å². The Kier molecular flexibility index (Phi) is 3.28. The molecule has 0 bridgehead atoms. The monoisotopic (exact) mass is 264 g/mol. The molecule has 3 atom stereocenters. The van der Waals surface area contributed by atoms with Gasteiger partial charge in [-0.1, -0.05) is 0 Å². The number of carbonyl (C=O) groups excluding carboxylic acids is 1. The van der Waals surface area contributed by atoms with Crippen molar-refractivity contribution in [3.8, 4) is 0 Å². The highest BCUT2D eigenvalue weighted by molar-refractivity contribution is 5.92. The summed E-state index contributed by atoms with van der Waals surface area (Å²) in [5, 5.41) is 9.87. The third-order valence-electron chi connectivity index (χ3n) is 4.35. The summed E-state index contributed by atoms with van der Waals surface area (Å²) >= 11 is 0. The molecule has 104 valence electrons. The topological polar surface area (TPSA) is 84.4 Å². The van der Waals surface area contributed by atoms with Crippen LogP contribution < -0.4 is 5.73 Å². The standard InChI is InChI=1S/C13H20N4O2/c14-3-4-16-7-11(15-8-16)13(19)17-5-9-1-2-12(18)10(9)6-17/h7-10,12,18H,1-6,14H2. The largest absolute Gasteiger partial charge is 0.393 e. The van der Waals surface area contributed by atoms with Gasteiger partial charge in [-0.15, -0.1) is 0 Å². The number of imidazole rings is 1. The van der Waals surface area contributed by atoms with Crippen LogP contribution in [0.3, 0.4) is 0 Å². The van der Waals surface area contributed by atoms with Crippen LogP contribution in [0.5, 0.6) is 0 Å². The van der Waals surface area contributed by atoms with E-state index in [0.29, 0.717) is 31.2 Å². The van der Waals surface area contributed by atoms with Gasteiger partial charge in [0.25, 0.3) is 5.91 Å². The zero-order valence-corrected chi connectivity index (χ0v) is 10.9. The number of carbonyl (C=O) groups is 1. The number of hydrogen-bond donors (Lipinski definition) is 2. The second kappa shape index (κ2) is 4.94. The second-order valence-corrected chi connectivity index (χ2v) is 5.56. The molecule has 0 radical (unpaired) electrons. The van der Waals surface area contributed by atoms with Crippen molar-refractivity contribution >= 4 is 5.91 Å². The number of nitrogens with zero attached hydrogens (tertiary/aromatic N) is 3. The van der Waals surface area contributed by atoms with E-state index in [1.807, 2.05) is 9.47 Å². The first-order valence-electron chi connectivity index (χ1n) is 6.88. The number of fused-ring (bicyclic) bond motifs is 1. The lowest BCUT2D eigenvalue weighted by atomic mass is 10.00. The highest BCUT2D eigenvalue weighted by Crippen LogP contribution is 2.38. The molecule has 6 heteroatoms. The number of likely N-dealkylation sites (tertiary alicyclic amines) is 1. The summed E-state index contributed by atoms with van der Waals surface area (Å²) in [6.45, 7) is 2.62. The SMILES string of the molecule is NCCn1cnc(C(=O)N2CC3CCC(O)C3C2)c1. The molecular weight excluding hydrogens is 244 g/mol. The first-order valence-corrected chi connectivity index (χ1v) is 6.88. The number of hydrogen-bond acceptors (Lipinski definition) is 4. The van der Waals surface area contributed by atoms with Gasteiger partial charge in [0.1, 0.15) is 5.69 Å². The summed E-state index contributed by atoms with van der Waals surface area (Å²) in [5.41, 5.74) is 5.95. The van der Waals surface area contributed by atoms with Gasteiger partial charge in [-0.3, -0.25) is 4.79 Å². The van der Waals surface area contributed by atoms with Crippen molar-refractivity contribution in [2.24, 2.45) is 17.6 Å². The summed E-state index contributed by atoms with van der Waals surface area (Å²) in [4.78, 5) is 18.3. The van der Waals surface area contributed by atoms with Crippen LogP contribution in [0, 0.1) is 11.8 Å². The van der Waals surface area contributed by atoms with Gasteiger partial charge < -0.3 is 20.3 Å². The van der Waals surface area contributed by atoms with E-state index in [4.69, 9.17) is 5.73 Å². The molecule has 3 N–H and O–H groups in total. The molecule has 19 heavy (non-hydrogen) atoms. The molecule has 1 aromatic rings. The van der Waals surface area contributed by atoms with E-state index >= 15 is 0 Å². The molecule has 0 aromatic carbocycles. The molecule has 1 aliphatic heterocycles. The van der Waals surface area contributed by atoms with Crippen molar-refractivity contribution in [1.82, 2.24) is 14.5 Å². The van der Waals surface area contributed by atoms with E-state index < -0.39 is 0 Å². The summed E-state index contributed by atoms with van der Waals surface area (Å²) in [6, 6.07) is 0. The molecule has 3 rings (SSSR count). The third kappa shape index (κ3) is 2.26. The van der Waals surface area contributed by atoms with Crippen LogP contribution in [-0.4, -0.2) is 51.2 Å². The molecule has 1 aromatic heterocycles. The quantitative estimate of drug-likeness (QED) is 0.784. The smallest absolute Gasteiger partial charge is 0.274 e. The maximum atomic E-state index is 12.3. The lowest BCUT2D eigenvalue weighted by Gasteiger charge is -2.17. The number of aliphatic hydroxyl groups excluding tert-OH is 1. The number of aromatic nitrogens is 2. The minimum atomic E-state index is -0.238. The van der Waals surface area contributed by atoms with Crippen LogP contribution in [0.2, 0.25) is 0 Å². The average molecular weight is 264 g/mol. The van der Waals surface area contributed by atoms with Crippen molar-refractivity contribution in [1.29, 1.82) is 0 Å². The van der Waals surface area contributed by atoms with Crippen molar-refractivity contribution in [2.45, 2.75) is 25.5 Å². The molecule has 0 spiro atoms.